The first kappa shape index (κ1) is 31.6. The summed E-state index contributed by atoms with van der Waals surface area (Å²) in [5, 5.41) is 14.3. The number of hydrogen-bond donors (Lipinski definition) is 2. The normalized spacial score (nSPS) is 26.3. The Morgan fingerprint density at radius 2 is 1.69 bits per heavy atom. The Morgan fingerprint density at radius 1 is 1.05 bits per heavy atom. The topological polar surface area (TPSA) is 72.9 Å². The Hall–Kier alpha value is -1.92. The van der Waals surface area contributed by atoms with Gasteiger partial charge < -0.3 is 15.3 Å². The molecule has 1 aromatic carbocycles. The van der Waals surface area contributed by atoms with Gasteiger partial charge in [-0.15, -0.1) is 0 Å². The first-order chi connectivity index (χ1) is 18.6. The lowest BCUT2D eigenvalue weighted by atomic mass is 9.70. The maximum atomic E-state index is 14.0. The molecular formula is C33H55N3O3. The third-order valence-corrected chi connectivity index (χ3v) is 9.66. The lowest BCUT2D eigenvalue weighted by molar-refractivity contribution is -0.142. The molecule has 0 bridgehead atoms. The van der Waals surface area contributed by atoms with Crippen LogP contribution in [0, 0.1) is 11.8 Å². The molecule has 3 atom stereocenters. The van der Waals surface area contributed by atoms with Gasteiger partial charge in [-0.25, -0.2) is 0 Å². The number of carbonyl (C=O) groups excluding carboxylic acids is 2. The molecule has 3 rings (SSSR count). The summed E-state index contributed by atoms with van der Waals surface area (Å²) in [6.45, 7) is 7.01. The van der Waals surface area contributed by atoms with Gasteiger partial charge in [-0.3, -0.25) is 14.5 Å². The van der Waals surface area contributed by atoms with E-state index in [0.29, 0.717) is 13.0 Å². The molecule has 2 amide bonds. The average molecular weight is 542 g/mol. The SMILES string of the molecule is CCCC(CCC)NC(=O)CN1CCC[C@](c2ccccc2)(N(C)C)CCCC(CC2(O)CCC2)C(C)C1=O. The van der Waals surface area contributed by atoms with Crippen molar-refractivity contribution in [3.05, 3.63) is 35.9 Å². The van der Waals surface area contributed by atoms with E-state index in [0.717, 1.165) is 77.0 Å². The molecule has 1 heterocycles. The summed E-state index contributed by atoms with van der Waals surface area (Å²) in [5.41, 5.74) is 0.554. The van der Waals surface area contributed by atoms with Gasteiger partial charge in [-0.1, -0.05) is 70.4 Å². The number of rotatable bonds is 11. The van der Waals surface area contributed by atoms with Gasteiger partial charge in [0.05, 0.1) is 12.1 Å². The van der Waals surface area contributed by atoms with E-state index in [2.05, 4.69) is 68.5 Å². The van der Waals surface area contributed by atoms with E-state index in [-0.39, 0.29) is 41.8 Å². The molecule has 1 aliphatic carbocycles. The van der Waals surface area contributed by atoms with Gasteiger partial charge in [0.25, 0.3) is 0 Å². The van der Waals surface area contributed by atoms with Crippen molar-refractivity contribution in [2.24, 2.45) is 11.8 Å². The summed E-state index contributed by atoms with van der Waals surface area (Å²) < 4.78 is 0. The van der Waals surface area contributed by atoms with Crippen molar-refractivity contribution < 1.29 is 14.7 Å². The molecule has 220 valence electrons. The summed E-state index contributed by atoms with van der Waals surface area (Å²) in [5.74, 6) is -0.0887. The maximum Gasteiger partial charge on any atom is 0.239 e. The summed E-state index contributed by atoms with van der Waals surface area (Å²) in [6.07, 6.45) is 12.1. The van der Waals surface area contributed by atoms with E-state index in [9.17, 15) is 14.7 Å². The highest BCUT2D eigenvalue weighted by atomic mass is 16.3. The third-order valence-electron chi connectivity index (χ3n) is 9.66. The lowest BCUT2D eigenvalue weighted by Gasteiger charge is -2.42. The van der Waals surface area contributed by atoms with Gasteiger partial charge >= 0.3 is 0 Å². The minimum Gasteiger partial charge on any atom is -0.390 e. The van der Waals surface area contributed by atoms with E-state index in [1.165, 1.54) is 5.56 Å². The molecular weight excluding hydrogens is 486 g/mol. The fourth-order valence-corrected chi connectivity index (χ4v) is 7.08. The van der Waals surface area contributed by atoms with Gasteiger partial charge in [0, 0.05) is 24.0 Å². The van der Waals surface area contributed by atoms with Crippen LogP contribution in [0.25, 0.3) is 0 Å². The fourth-order valence-electron chi connectivity index (χ4n) is 7.08. The largest absolute Gasteiger partial charge is 0.390 e. The molecule has 2 fully saturated rings. The lowest BCUT2D eigenvalue weighted by Crippen LogP contribution is -2.48. The molecule has 0 spiro atoms. The summed E-state index contributed by atoms with van der Waals surface area (Å²) in [7, 11) is 4.34. The van der Waals surface area contributed by atoms with Crippen LogP contribution in [0.4, 0.5) is 0 Å². The Labute approximate surface area is 237 Å². The van der Waals surface area contributed by atoms with Crippen molar-refractivity contribution in [3.8, 4) is 0 Å². The maximum absolute atomic E-state index is 14.0. The second-order valence-electron chi connectivity index (χ2n) is 12.7. The molecule has 2 aliphatic rings. The van der Waals surface area contributed by atoms with Crippen molar-refractivity contribution in [2.75, 3.05) is 27.2 Å². The van der Waals surface area contributed by atoms with Crippen LogP contribution >= 0.6 is 0 Å². The molecule has 0 radical (unpaired) electrons. The van der Waals surface area contributed by atoms with E-state index in [4.69, 9.17) is 0 Å². The van der Waals surface area contributed by atoms with Crippen LogP contribution in [0.5, 0.6) is 0 Å². The smallest absolute Gasteiger partial charge is 0.239 e. The van der Waals surface area contributed by atoms with Crippen molar-refractivity contribution in [3.63, 3.8) is 0 Å². The summed E-state index contributed by atoms with van der Waals surface area (Å²) in [4.78, 5) is 31.4. The van der Waals surface area contributed by atoms with Crippen LogP contribution < -0.4 is 5.32 Å². The minimum atomic E-state index is -0.632. The number of amides is 2. The molecule has 39 heavy (non-hydrogen) atoms. The number of nitrogens with zero attached hydrogens (tertiary/aromatic N) is 2. The highest BCUT2D eigenvalue weighted by Crippen LogP contribution is 2.43. The van der Waals surface area contributed by atoms with E-state index in [1.54, 1.807) is 0 Å². The van der Waals surface area contributed by atoms with Crippen molar-refractivity contribution >= 4 is 11.8 Å². The average Bonchev–Trinajstić information content (AvgIpc) is 2.91. The predicted molar refractivity (Wildman–Crippen MR) is 159 cm³/mol. The third kappa shape index (κ3) is 8.29. The van der Waals surface area contributed by atoms with Gasteiger partial charge in [-0.05, 0) is 89.8 Å². The van der Waals surface area contributed by atoms with Crippen molar-refractivity contribution in [1.82, 2.24) is 15.1 Å². The van der Waals surface area contributed by atoms with E-state index >= 15 is 0 Å². The van der Waals surface area contributed by atoms with Gasteiger partial charge in [-0.2, -0.15) is 0 Å². The number of nitrogens with one attached hydrogen (secondary N) is 1. The van der Waals surface area contributed by atoms with E-state index in [1.807, 2.05) is 11.8 Å². The van der Waals surface area contributed by atoms with Crippen LogP contribution in [0.3, 0.4) is 0 Å². The monoisotopic (exact) mass is 541 g/mol. The minimum absolute atomic E-state index is 0.0478. The van der Waals surface area contributed by atoms with E-state index < -0.39 is 5.60 Å². The Morgan fingerprint density at radius 3 is 2.26 bits per heavy atom. The van der Waals surface area contributed by atoms with Crippen molar-refractivity contribution in [1.29, 1.82) is 0 Å². The standard InChI is InChI=1S/C33H55N3O3/c1-6-14-29(15-7-2)34-30(37)25-36-23-13-22-33(35(4)5,28-17-9-8-10-18-28)21-11-16-27(26(3)31(36)38)24-32(39)19-12-20-32/h8-10,17-18,26-27,29,39H,6-7,11-16,19-25H2,1-5H3,(H,34,37)/t26?,27?,33-/m1/s1. The fraction of sp³-hybridized carbons (Fsp3) is 0.758. The Balaban J connectivity index is 1.87. The zero-order chi connectivity index (χ0) is 28.5. The van der Waals surface area contributed by atoms with Crippen LogP contribution in [-0.2, 0) is 15.1 Å². The first-order valence-electron chi connectivity index (χ1n) is 15.7. The molecule has 2 unspecified atom stereocenters. The highest BCUT2D eigenvalue weighted by molar-refractivity contribution is 5.86. The second kappa shape index (κ2) is 14.6. The summed E-state index contributed by atoms with van der Waals surface area (Å²) >= 11 is 0. The zero-order valence-electron chi connectivity index (χ0n) is 25.4. The predicted octanol–water partition coefficient (Wildman–Crippen LogP) is 5.88. The zero-order valence-corrected chi connectivity index (χ0v) is 25.4. The van der Waals surface area contributed by atoms with Crippen LogP contribution in [-0.4, -0.2) is 65.5 Å². The second-order valence-corrected chi connectivity index (χ2v) is 12.7. The van der Waals surface area contributed by atoms with Crippen LogP contribution in [0.1, 0.15) is 110 Å². The number of hydrogen-bond acceptors (Lipinski definition) is 4. The molecule has 2 N–H and O–H groups in total. The number of aliphatic hydroxyl groups is 1. The molecule has 0 aromatic heterocycles. The van der Waals surface area contributed by atoms with Gasteiger partial charge in [0.15, 0.2) is 0 Å². The molecule has 6 nitrogen and oxygen atoms in total. The van der Waals surface area contributed by atoms with Crippen molar-refractivity contribution in [2.45, 2.75) is 121 Å². The first-order valence-corrected chi connectivity index (χ1v) is 15.7. The number of carbonyl (C=O) groups is 2. The Kier molecular flexibility index (Phi) is 11.9. The molecule has 1 saturated carbocycles. The molecule has 1 saturated heterocycles. The van der Waals surface area contributed by atoms with Gasteiger partial charge in [0.2, 0.25) is 11.8 Å². The molecule has 6 heteroatoms. The number of benzene rings is 1. The van der Waals surface area contributed by atoms with Crippen LogP contribution in [0.2, 0.25) is 0 Å². The quantitative estimate of drug-likeness (QED) is 0.367. The molecule has 1 aromatic rings. The highest BCUT2D eigenvalue weighted by Gasteiger charge is 2.41. The van der Waals surface area contributed by atoms with Crippen LogP contribution in [0.15, 0.2) is 30.3 Å². The Bertz CT molecular complexity index is 895. The molecule has 1 aliphatic heterocycles. The van der Waals surface area contributed by atoms with Gasteiger partial charge in [0.1, 0.15) is 0 Å². The summed E-state index contributed by atoms with van der Waals surface area (Å²) in [6, 6.07) is 10.9.